The van der Waals surface area contributed by atoms with Crippen LogP contribution in [0.1, 0.15) is 36.5 Å². The van der Waals surface area contributed by atoms with Crippen molar-refractivity contribution in [3.8, 4) is 0 Å². The normalized spacial score (nSPS) is 11.6. The molecule has 0 spiro atoms. The highest BCUT2D eigenvalue weighted by Gasteiger charge is 2.30. The molecule has 0 saturated carbocycles. The first-order chi connectivity index (χ1) is 16.1. The highest BCUT2D eigenvalue weighted by atomic mass is 35.5. The molecule has 2 amide bonds. The van der Waals surface area contributed by atoms with Crippen LogP contribution < -0.4 is 5.32 Å². The predicted molar refractivity (Wildman–Crippen MR) is 134 cm³/mol. The fourth-order valence-corrected chi connectivity index (χ4v) is 3.97. The largest absolute Gasteiger partial charge is 0.354 e. The van der Waals surface area contributed by atoms with Gasteiger partial charge < -0.3 is 10.2 Å². The van der Waals surface area contributed by atoms with Gasteiger partial charge in [0.15, 0.2) is 0 Å². The summed E-state index contributed by atoms with van der Waals surface area (Å²) < 4.78 is 0. The molecule has 0 aromatic heterocycles. The second-order valence-electron chi connectivity index (χ2n) is 8.10. The molecule has 0 bridgehead atoms. The van der Waals surface area contributed by atoms with Crippen molar-refractivity contribution in [1.29, 1.82) is 0 Å². The van der Waals surface area contributed by atoms with Crippen molar-refractivity contribution in [1.82, 2.24) is 10.2 Å². The third-order valence-electron chi connectivity index (χ3n) is 5.59. The molecule has 0 radical (unpaired) electrons. The van der Waals surface area contributed by atoms with Crippen LogP contribution in [0.3, 0.4) is 0 Å². The van der Waals surface area contributed by atoms with E-state index in [1.165, 1.54) is 0 Å². The van der Waals surface area contributed by atoms with Crippen LogP contribution >= 0.6 is 11.6 Å². The third kappa shape index (κ3) is 7.47. The molecular formula is C28H31ClN2O2. The van der Waals surface area contributed by atoms with Gasteiger partial charge in [-0.2, -0.15) is 0 Å². The van der Waals surface area contributed by atoms with Crippen LogP contribution in [0, 0.1) is 0 Å². The van der Waals surface area contributed by atoms with Gasteiger partial charge in [0.05, 0.1) is 0 Å². The number of amides is 2. The molecule has 0 aliphatic carbocycles. The lowest BCUT2D eigenvalue weighted by Crippen LogP contribution is -2.50. The minimum absolute atomic E-state index is 0.0636. The van der Waals surface area contributed by atoms with Gasteiger partial charge in [-0.25, -0.2) is 0 Å². The average Bonchev–Trinajstić information content (AvgIpc) is 2.85. The molecule has 0 heterocycles. The molecule has 1 N–H and O–H groups in total. The number of carbonyl (C=O) groups excluding carboxylic acids is 2. The molecule has 33 heavy (non-hydrogen) atoms. The molecule has 3 rings (SSSR count). The van der Waals surface area contributed by atoms with Crippen molar-refractivity contribution in [3.63, 3.8) is 0 Å². The maximum Gasteiger partial charge on any atom is 0.243 e. The van der Waals surface area contributed by atoms with Crippen LogP contribution in [0.5, 0.6) is 0 Å². The molecule has 3 aromatic rings. The van der Waals surface area contributed by atoms with E-state index in [0.29, 0.717) is 30.8 Å². The Hall–Kier alpha value is -3.11. The van der Waals surface area contributed by atoms with Crippen molar-refractivity contribution in [2.24, 2.45) is 0 Å². The molecule has 1 atom stereocenters. The summed E-state index contributed by atoms with van der Waals surface area (Å²) in [6.45, 7) is 2.87. The van der Waals surface area contributed by atoms with E-state index >= 15 is 0 Å². The lowest BCUT2D eigenvalue weighted by Gasteiger charge is -2.32. The maximum absolute atomic E-state index is 13.5. The number of hydrogen-bond donors (Lipinski definition) is 1. The third-order valence-corrected chi connectivity index (χ3v) is 5.96. The van der Waals surface area contributed by atoms with Crippen LogP contribution in [0.2, 0.25) is 5.02 Å². The van der Waals surface area contributed by atoms with Gasteiger partial charge in [0, 0.05) is 31.0 Å². The van der Waals surface area contributed by atoms with Crippen LogP contribution in [-0.2, 0) is 29.0 Å². The second-order valence-corrected chi connectivity index (χ2v) is 8.50. The van der Waals surface area contributed by atoms with Crippen LogP contribution in [0.4, 0.5) is 0 Å². The smallest absolute Gasteiger partial charge is 0.243 e. The van der Waals surface area contributed by atoms with Gasteiger partial charge in [0.25, 0.3) is 0 Å². The summed E-state index contributed by atoms with van der Waals surface area (Å²) in [5.74, 6) is -0.202. The zero-order chi connectivity index (χ0) is 23.5. The van der Waals surface area contributed by atoms with Gasteiger partial charge in [0.2, 0.25) is 11.8 Å². The second kappa shape index (κ2) is 12.8. The Kier molecular flexibility index (Phi) is 9.52. The molecule has 0 aliphatic heterocycles. The molecule has 4 nitrogen and oxygen atoms in total. The van der Waals surface area contributed by atoms with E-state index in [2.05, 4.69) is 5.32 Å². The SMILES string of the molecule is CCCNC(=O)C(Cc1ccccc1)N(Cc1ccccc1Cl)C(=O)CCc1ccccc1. The zero-order valence-electron chi connectivity index (χ0n) is 19.0. The standard InChI is InChI=1S/C28H31ClN2O2/c1-2-19-30-28(33)26(20-23-13-7-4-8-14-23)31(21-24-15-9-10-16-25(24)29)27(32)18-17-22-11-5-3-6-12-22/h3-16,26H,2,17-21H2,1H3,(H,30,33). The molecular weight excluding hydrogens is 432 g/mol. The first-order valence-electron chi connectivity index (χ1n) is 11.5. The van der Waals surface area contributed by atoms with Crippen molar-refractivity contribution < 1.29 is 9.59 Å². The van der Waals surface area contributed by atoms with Crippen LogP contribution in [0.25, 0.3) is 0 Å². The van der Waals surface area contributed by atoms with E-state index in [9.17, 15) is 9.59 Å². The Morgan fingerprint density at radius 3 is 2.12 bits per heavy atom. The summed E-state index contributed by atoms with van der Waals surface area (Å²) in [4.78, 5) is 28.5. The Labute approximate surface area is 201 Å². The van der Waals surface area contributed by atoms with Crippen molar-refractivity contribution in [2.75, 3.05) is 6.54 Å². The van der Waals surface area contributed by atoms with Gasteiger partial charge in [-0.15, -0.1) is 0 Å². The van der Waals surface area contributed by atoms with Gasteiger partial charge >= 0.3 is 0 Å². The number of nitrogens with zero attached hydrogens (tertiary/aromatic N) is 1. The first-order valence-corrected chi connectivity index (χ1v) is 11.8. The molecule has 0 fully saturated rings. The zero-order valence-corrected chi connectivity index (χ0v) is 19.8. The van der Waals surface area contributed by atoms with E-state index in [4.69, 9.17) is 11.6 Å². The minimum atomic E-state index is -0.626. The lowest BCUT2D eigenvalue weighted by molar-refractivity contribution is -0.141. The van der Waals surface area contributed by atoms with E-state index < -0.39 is 6.04 Å². The van der Waals surface area contributed by atoms with Crippen LogP contribution in [0.15, 0.2) is 84.9 Å². The Bertz CT molecular complexity index is 1020. The van der Waals surface area contributed by atoms with E-state index in [0.717, 1.165) is 23.1 Å². The highest BCUT2D eigenvalue weighted by molar-refractivity contribution is 6.31. The van der Waals surface area contributed by atoms with Crippen LogP contribution in [-0.4, -0.2) is 29.3 Å². The summed E-state index contributed by atoms with van der Waals surface area (Å²) in [5.41, 5.74) is 2.93. The Morgan fingerprint density at radius 2 is 1.48 bits per heavy atom. The number of carbonyl (C=O) groups is 2. The molecule has 0 saturated heterocycles. The fourth-order valence-electron chi connectivity index (χ4n) is 3.77. The highest BCUT2D eigenvalue weighted by Crippen LogP contribution is 2.21. The quantitative estimate of drug-likeness (QED) is 0.412. The molecule has 3 aromatic carbocycles. The van der Waals surface area contributed by atoms with Crippen molar-refractivity contribution >= 4 is 23.4 Å². The summed E-state index contributed by atoms with van der Waals surface area (Å²) in [6.07, 6.45) is 2.21. The number of nitrogens with one attached hydrogen (secondary N) is 1. The number of rotatable bonds is 11. The first kappa shape index (κ1) is 24.5. The maximum atomic E-state index is 13.5. The summed E-state index contributed by atoms with van der Waals surface area (Å²) in [5, 5.41) is 3.59. The molecule has 172 valence electrons. The minimum Gasteiger partial charge on any atom is -0.354 e. The van der Waals surface area contributed by atoms with E-state index in [1.807, 2.05) is 91.9 Å². The van der Waals surface area contributed by atoms with Gasteiger partial charge in [-0.1, -0.05) is 97.4 Å². The molecule has 0 aliphatic rings. The summed E-state index contributed by atoms with van der Waals surface area (Å²) >= 11 is 6.44. The monoisotopic (exact) mass is 462 g/mol. The lowest BCUT2D eigenvalue weighted by atomic mass is 10.0. The number of benzene rings is 3. The Balaban J connectivity index is 1.89. The van der Waals surface area contributed by atoms with E-state index in [1.54, 1.807) is 4.90 Å². The fraction of sp³-hybridized carbons (Fsp3) is 0.286. The predicted octanol–water partition coefficient (Wildman–Crippen LogP) is 5.44. The average molecular weight is 463 g/mol. The number of halogens is 1. The van der Waals surface area contributed by atoms with Gasteiger partial charge in [0.1, 0.15) is 6.04 Å². The van der Waals surface area contributed by atoms with Crippen molar-refractivity contribution in [3.05, 3.63) is 107 Å². The number of aryl methyl sites for hydroxylation is 1. The topological polar surface area (TPSA) is 49.4 Å². The summed E-state index contributed by atoms with van der Waals surface area (Å²) in [7, 11) is 0. The Morgan fingerprint density at radius 1 is 0.879 bits per heavy atom. The summed E-state index contributed by atoms with van der Waals surface area (Å²) in [6, 6.07) is 26.6. The number of hydrogen-bond acceptors (Lipinski definition) is 2. The molecule has 1 unspecified atom stereocenters. The van der Waals surface area contributed by atoms with E-state index in [-0.39, 0.29) is 18.4 Å². The molecule has 5 heteroatoms. The van der Waals surface area contributed by atoms with Gasteiger partial charge in [-0.3, -0.25) is 9.59 Å². The van der Waals surface area contributed by atoms with Crippen molar-refractivity contribution in [2.45, 2.75) is 45.2 Å². The van der Waals surface area contributed by atoms with Gasteiger partial charge in [-0.05, 0) is 35.6 Å².